The van der Waals surface area contributed by atoms with Crippen LogP contribution in [0.4, 0.5) is 23.2 Å². The number of primary sulfonamides is 1. The number of rotatable bonds is 6. The van der Waals surface area contributed by atoms with Gasteiger partial charge in [-0.1, -0.05) is 6.07 Å². The molecule has 1 saturated heterocycles. The summed E-state index contributed by atoms with van der Waals surface area (Å²) in [6.45, 7) is 1.05. The molecule has 176 valence electrons. The number of carbonyl (C=O) groups is 1. The summed E-state index contributed by atoms with van der Waals surface area (Å²) in [5.41, 5.74) is 0.787. The van der Waals surface area contributed by atoms with Crippen molar-refractivity contribution in [3.63, 3.8) is 0 Å². The second-order valence-electron chi connectivity index (χ2n) is 7.24. The summed E-state index contributed by atoms with van der Waals surface area (Å²) >= 11 is 0. The quantitative estimate of drug-likeness (QED) is 0.416. The van der Waals surface area contributed by atoms with E-state index in [9.17, 15) is 30.8 Å². The molecule has 3 aromatic rings. The Kier molecular flexibility index (Phi) is 5.70. The van der Waals surface area contributed by atoms with E-state index in [2.05, 4.69) is 4.74 Å². The van der Waals surface area contributed by atoms with Gasteiger partial charge in [-0.3, -0.25) is 0 Å². The van der Waals surface area contributed by atoms with Gasteiger partial charge in [0.2, 0.25) is 15.8 Å². The van der Waals surface area contributed by atoms with Gasteiger partial charge in [0.25, 0.3) is 0 Å². The maximum absolute atomic E-state index is 14.4. The average molecular weight is 488 g/mol. The minimum Gasteiger partial charge on any atom is -0.455 e. The summed E-state index contributed by atoms with van der Waals surface area (Å²) in [4.78, 5) is 13.4. The Hall–Kier alpha value is -3.32. The minimum absolute atomic E-state index is 0.0178. The van der Waals surface area contributed by atoms with Crippen molar-refractivity contribution < 1.29 is 44.7 Å². The van der Waals surface area contributed by atoms with Crippen LogP contribution >= 0.6 is 0 Å². The van der Waals surface area contributed by atoms with E-state index in [4.69, 9.17) is 14.3 Å². The second kappa shape index (κ2) is 8.23. The molecule has 8 nitrogen and oxygen atoms in total. The molecule has 2 aromatic carbocycles. The zero-order chi connectivity index (χ0) is 24.0. The smallest absolute Gasteiger partial charge is 0.455 e. The lowest BCUT2D eigenvalue weighted by atomic mass is 10.1. The first-order valence-electron chi connectivity index (χ1n) is 9.47. The third kappa shape index (κ3) is 5.03. The fourth-order valence-electron chi connectivity index (χ4n) is 3.23. The van der Waals surface area contributed by atoms with Gasteiger partial charge in [0.05, 0.1) is 5.39 Å². The summed E-state index contributed by atoms with van der Waals surface area (Å²) in [6, 6.07) is 6.72. The first kappa shape index (κ1) is 22.9. The molecule has 1 aliphatic heterocycles. The predicted octanol–water partition coefficient (Wildman–Crippen LogP) is 3.69. The van der Waals surface area contributed by atoms with E-state index in [1.54, 1.807) is 6.07 Å². The molecule has 33 heavy (non-hydrogen) atoms. The zero-order valence-electron chi connectivity index (χ0n) is 16.7. The second-order valence-corrected chi connectivity index (χ2v) is 8.77. The Morgan fingerprint density at radius 2 is 1.88 bits per heavy atom. The number of benzene rings is 2. The number of nitrogens with zero attached hydrogens (tertiary/aromatic N) is 1. The van der Waals surface area contributed by atoms with Gasteiger partial charge in [0, 0.05) is 30.9 Å². The Labute approximate surface area is 184 Å². The van der Waals surface area contributed by atoms with Crippen molar-refractivity contribution >= 4 is 32.6 Å². The van der Waals surface area contributed by atoms with Crippen molar-refractivity contribution in [2.75, 3.05) is 18.0 Å². The van der Waals surface area contributed by atoms with E-state index < -0.39 is 45.4 Å². The zero-order valence-corrected chi connectivity index (χ0v) is 17.5. The molecule has 0 atom stereocenters. The van der Waals surface area contributed by atoms with Crippen molar-refractivity contribution in [3.8, 4) is 5.75 Å². The third-order valence-electron chi connectivity index (χ3n) is 4.90. The van der Waals surface area contributed by atoms with Crippen LogP contribution in [0, 0.1) is 5.82 Å². The highest BCUT2D eigenvalue weighted by Gasteiger charge is 2.33. The van der Waals surface area contributed by atoms with Gasteiger partial charge in [0.15, 0.2) is 0 Å². The maximum Gasteiger partial charge on any atom is 0.573 e. The number of ether oxygens (including phenoxy) is 2. The van der Waals surface area contributed by atoms with Crippen LogP contribution in [0.2, 0.25) is 0 Å². The van der Waals surface area contributed by atoms with Crippen LogP contribution in [-0.4, -0.2) is 33.8 Å². The highest BCUT2D eigenvalue weighted by atomic mass is 32.2. The number of anilines is 1. The van der Waals surface area contributed by atoms with E-state index in [-0.39, 0.29) is 22.3 Å². The lowest BCUT2D eigenvalue weighted by Crippen LogP contribution is -2.36. The molecule has 0 radical (unpaired) electrons. The van der Waals surface area contributed by atoms with Gasteiger partial charge in [-0.15, -0.1) is 13.2 Å². The highest BCUT2D eigenvalue weighted by molar-refractivity contribution is 7.89. The summed E-state index contributed by atoms with van der Waals surface area (Å²) in [5, 5.41) is 5.04. The minimum atomic E-state index is -5.14. The number of alkyl halides is 3. The van der Waals surface area contributed by atoms with E-state index in [0.717, 1.165) is 37.7 Å². The molecule has 0 spiro atoms. The van der Waals surface area contributed by atoms with Crippen molar-refractivity contribution in [1.82, 2.24) is 0 Å². The molecule has 2 heterocycles. The van der Waals surface area contributed by atoms with Crippen LogP contribution in [0.5, 0.6) is 5.75 Å². The van der Waals surface area contributed by atoms with Gasteiger partial charge < -0.3 is 18.8 Å². The van der Waals surface area contributed by atoms with E-state index in [1.165, 1.54) is 12.1 Å². The van der Waals surface area contributed by atoms with E-state index in [0.29, 0.717) is 5.69 Å². The molecule has 1 aromatic heterocycles. The number of esters is 1. The maximum atomic E-state index is 14.4. The number of sulfonamides is 1. The molecular formula is C20H16F4N2O6S. The Bertz CT molecular complexity index is 1330. The van der Waals surface area contributed by atoms with Gasteiger partial charge in [-0.2, -0.15) is 0 Å². The van der Waals surface area contributed by atoms with Crippen LogP contribution in [0.3, 0.4) is 0 Å². The number of hydrogen-bond acceptors (Lipinski definition) is 7. The van der Waals surface area contributed by atoms with Crippen molar-refractivity contribution in [3.05, 3.63) is 53.5 Å². The van der Waals surface area contributed by atoms with Crippen LogP contribution in [0.15, 0.2) is 45.7 Å². The van der Waals surface area contributed by atoms with Crippen LogP contribution in [-0.2, 0) is 21.4 Å². The first-order chi connectivity index (χ1) is 15.4. The average Bonchev–Trinajstić information content (AvgIpc) is 3.08. The molecule has 0 unspecified atom stereocenters. The molecule has 0 bridgehead atoms. The Morgan fingerprint density at radius 3 is 2.48 bits per heavy atom. The highest BCUT2D eigenvalue weighted by Crippen LogP contribution is 2.32. The molecule has 0 saturated carbocycles. The normalized spacial score (nSPS) is 14.3. The summed E-state index contributed by atoms with van der Waals surface area (Å²) in [7, 11) is -4.58. The molecule has 0 amide bonds. The number of nitrogens with two attached hydrogens (primary N) is 1. The summed E-state index contributed by atoms with van der Waals surface area (Å²) < 4.78 is 89.3. The Balaban J connectivity index is 1.52. The molecule has 13 heteroatoms. The van der Waals surface area contributed by atoms with Gasteiger partial charge in [0.1, 0.15) is 28.7 Å². The molecule has 0 aliphatic carbocycles. The van der Waals surface area contributed by atoms with Gasteiger partial charge in [-0.25, -0.2) is 22.7 Å². The number of hydrogen-bond donors (Lipinski definition) is 1. The largest absolute Gasteiger partial charge is 0.573 e. The number of carbonyl (C=O) groups excluding carboxylic acids is 1. The number of halogens is 4. The molecule has 2 N–H and O–H groups in total. The molecule has 4 rings (SSSR count). The van der Waals surface area contributed by atoms with Gasteiger partial charge in [-0.05, 0) is 30.2 Å². The van der Waals surface area contributed by atoms with Crippen LogP contribution in [0.1, 0.15) is 22.5 Å². The topological polar surface area (TPSA) is 112 Å². The summed E-state index contributed by atoms with van der Waals surface area (Å²) in [5.74, 6) is -2.88. The van der Waals surface area contributed by atoms with E-state index in [1.807, 2.05) is 4.90 Å². The molecule has 1 aliphatic rings. The van der Waals surface area contributed by atoms with Crippen LogP contribution in [0.25, 0.3) is 11.0 Å². The SMILES string of the molecule is NS(=O)(=O)c1cc(COC(=O)c2cc3c(F)cc(N4CCC4)cc3o2)ccc1OC(F)(F)F. The lowest BCUT2D eigenvalue weighted by molar-refractivity contribution is -0.275. The number of furan rings is 1. The van der Waals surface area contributed by atoms with Crippen molar-refractivity contribution in [2.45, 2.75) is 24.3 Å². The summed E-state index contributed by atoms with van der Waals surface area (Å²) in [6.07, 6.45) is -4.15. The van der Waals surface area contributed by atoms with Crippen molar-refractivity contribution in [1.29, 1.82) is 0 Å². The Morgan fingerprint density at radius 1 is 1.15 bits per heavy atom. The molecule has 1 fully saturated rings. The third-order valence-corrected chi connectivity index (χ3v) is 5.84. The van der Waals surface area contributed by atoms with E-state index >= 15 is 0 Å². The fraction of sp³-hybridized carbons (Fsp3) is 0.250. The monoisotopic (exact) mass is 488 g/mol. The predicted molar refractivity (Wildman–Crippen MR) is 107 cm³/mol. The fourth-order valence-corrected chi connectivity index (χ4v) is 3.94. The van der Waals surface area contributed by atoms with Crippen LogP contribution < -0.4 is 14.8 Å². The first-order valence-corrected chi connectivity index (χ1v) is 11.0. The lowest BCUT2D eigenvalue weighted by Gasteiger charge is -2.33. The standard InChI is InChI=1S/C20H16F4N2O6S/c21-14-7-12(26-4-1-5-26)8-16-13(14)9-17(31-16)19(27)30-10-11-2-3-15(32-20(22,23)24)18(6-11)33(25,28)29/h2-3,6-9H,1,4-5,10H2,(H2,25,28,29). The van der Waals surface area contributed by atoms with Crippen molar-refractivity contribution in [2.24, 2.45) is 5.14 Å². The number of fused-ring (bicyclic) bond motifs is 1. The van der Waals surface area contributed by atoms with Gasteiger partial charge >= 0.3 is 12.3 Å². The molecular weight excluding hydrogens is 472 g/mol.